The van der Waals surface area contributed by atoms with E-state index in [9.17, 15) is 9.90 Å². The number of aliphatic hydroxyl groups is 1. The van der Waals surface area contributed by atoms with Crippen molar-refractivity contribution < 1.29 is 9.90 Å². The molecule has 0 radical (unpaired) electrons. The van der Waals surface area contributed by atoms with Crippen molar-refractivity contribution in [2.45, 2.75) is 39.2 Å². The molecule has 4 heteroatoms. The average molecular weight is 228 g/mol. The van der Waals surface area contributed by atoms with Crippen LogP contribution in [0.5, 0.6) is 0 Å². The first-order valence-corrected chi connectivity index (χ1v) is 6.35. The maximum Gasteiger partial charge on any atom is 0.222 e. The first kappa shape index (κ1) is 13.5. The monoisotopic (exact) mass is 228 g/mol. The van der Waals surface area contributed by atoms with Gasteiger partial charge in [0.2, 0.25) is 5.91 Å². The maximum absolute atomic E-state index is 11.7. The average Bonchev–Trinajstić information content (AvgIpc) is 2.66. The Morgan fingerprint density at radius 3 is 2.62 bits per heavy atom. The first-order valence-electron chi connectivity index (χ1n) is 6.35. The molecular weight excluding hydrogens is 204 g/mol. The van der Waals surface area contributed by atoms with Crippen molar-refractivity contribution in [1.82, 2.24) is 9.80 Å². The highest BCUT2D eigenvalue weighted by Gasteiger charge is 2.19. The summed E-state index contributed by atoms with van der Waals surface area (Å²) in [5, 5.41) is 9.36. The van der Waals surface area contributed by atoms with Crippen molar-refractivity contribution in [1.29, 1.82) is 0 Å². The summed E-state index contributed by atoms with van der Waals surface area (Å²) in [4.78, 5) is 15.8. The van der Waals surface area contributed by atoms with Gasteiger partial charge in [0, 0.05) is 32.6 Å². The van der Waals surface area contributed by atoms with Crippen molar-refractivity contribution in [2.75, 3.05) is 32.7 Å². The molecule has 4 nitrogen and oxygen atoms in total. The van der Waals surface area contributed by atoms with Crippen LogP contribution in [0.4, 0.5) is 0 Å². The van der Waals surface area contributed by atoms with E-state index in [1.54, 1.807) is 0 Å². The Hall–Kier alpha value is -0.610. The lowest BCUT2D eigenvalue weighted by Crippen LogP contribution is -2.31. The van der Waals surface area contributed by atoms with E-state index in [1.807, 2.05) is 18.7 Å². The van der Waals surface area contributed by atoms with E-state index in [2.05, 4.69) is 4.90 Å². The zero-order valence-corrected chi connectivity index (χ0v) is 10.5. The highest BCUT2D eigenvalue weighted by molar-refractivity contribution is 5.76. The highest BCUT2D eigenvalue weighted by atomic mass is 16.3. The maximum atomic E-state index is 11.7. The fourth-order valence-electron chi connectivity index (χ4n) is 2.20. The molecule has 0 bridgehead atoms. The summed E-state index contributed by atoms with van der Waals surface area (Å²) in [6.45, 7) is 8.32. The molecule has 1 saturated heterocycles. The van der Waals surface area contributed by atoms with Gasteiger partial charge in [-0.25, -0.2) is 0 Å². The zero-order valence-electron chi connectivity index (χ0n) is 10.5. The van der Waals surface area contributed by atoms with Gasteiger partial charge >= 0.3 is 0 Å². The molecule has 16 heavy (non-hydrogen) atoms. The molecule has 1 aliphatic heterocycles. The van der Waals surface area contributed by atoms with E-state index in [0.29, 0.717) is 6.42 Å². The summed E-state index contributed by atoms with van der Waals surface area (Å²) >= 11 is 0. The number of carbonyl (C=O) groups excluding carboxylic acids is 1. The van der Waals surface area contributed by atoms with E-state index in [1.165, 1.54) is 0 Å². The summed E-state index contributed by atoms with van der Waals surface area (Å²) in [6, 6.07) is 0. The van der Waals surface area contributed by atoms with E-state index in [0.717, 1.165) is 45.6 Å². The molecule has 1 N–H and O–H groups in total. The minimum absolute atomic E-state index is 0.154. The minimum Gasteiger partial charge on any atom is -0.392 e. The van der Waals surface area contributed by atoms with Gasteiger partial charge < -0.3 is 14.9 Å². The lowest BCUT2D eigenvalue weighted by atomic mass is 10.2. The Morgan fingerprint density at radius 1 is 1.44 bits per heavy atom. The molecule has 0 aromatic carbocycles. The third-order valence-corrected chi connectivity index (χ3v) is 3.23. The third-order valence-electron chi connectivity index (χ3n) is 3.23. The molecule has 0 aromatic heterocycles. The Kier molecular flexibility index (Phi) is 5.77. The summed E-state index contributed by atoms with van der Waals surface area (Å²) in [5.74, 6) is 0.254. The van der Waals surface area contributed by atoms with Crippen LogP contribution in [0.15, 0.2) is 0 Å². The molecule has 0 aromatic rings. The summed E-state index contributed by atoms with van der Waals surface area (Å²) in [7, 11) is 0. The summed E-state index contributed by atoms with van der Waals surface area (Å²) < 4.78 is 0. The van der Waals surface area contributed by atoms with E-state index in [-0.39, 0.29) is 12.0 Å². The van der Waals surface area contributed by atoms with Crippen LogP contribution in [0.2, 0.25) is 0 Å². The number of likely N-dealkylation sites (tertiary alicyclic amines) is 1. The predicted molar refractivity (Wildman–Crippen MR) is 64.2 cm³/mol. The molecule has 94 valence electrons. The molecule has 1 atom stereocenters. The van der Waals surface area contributed by atoms with Gasteiger partial charge in [-0.05, 0) is 33.2 Å². The second-order valence-corrected chi connectivity index (χ2v) is 4.41. The minimum atomic E-state index is -0.154. The van der Waals surface area contributed by atoms with Gasteiger partial charge in [0.05, 0.1) is 6.10 Å². The van der Waals surface area contributed by atoms with Crippen molar-refractivity contribution >= 4 is 5.91 Å². The quantitative estimate of drug-likeness (QED) is 0.728. The van der Waals surface area contributed by atoms with E-state index < -0.39 is 0 Å². The number of β-amino-alcohol motifs (C(OH)–C–C–N with tert-alkyl or cyclic N) is 1. The van der Waals surface area contributed by atoms with Crippen molar-refractivity contribution in [2.24, 2.45) is 0 Å². The first-order chi connectivity index (χ1) is 7.67. The molecule has 1 aliphatic rings. The summed E-state index contributed by atoms with van der Waals surface area (Å²) in [5.41, 5.74) is 0. The Balaban J connectivity index is 2.12. The van der Waals surface area contributed by atoms with E-state index >= 15 is 0 Å². The van der Waals surface area contributed by atoms with E-state index in [4.69, 9.17) is 0 Å². The van der Waals surface area contributed by atoms with Crippen LogP contribution < -0.4 is 0 Å². The molecule has 1 fully saturated rings. The van der Waals surface area contributed by atoms with Gasteiger partial charge in [0.25, 0.3) is 0 Å². The van der Waals surface area contributed by atoms with Crippen LogP contribution in [0.3, 0.4) is 0 Å². The molecule has 1 amide bonds. The van der Waals surface area contributed by atoms with Gasteiger partial charge in [-0.15, -0.1) is 0 Å². The van der Waals surface area contributed by atoms with Crippen LogP contribution in [0.25, 0.3) is 0 Å². The fourth-order valence-corrected chi connectivity index (χ4v) is 2.20. The number of carbonyl (C=O) groups is 1. The smallest absolute Gasteiger partial charge is 0.222 e. The molecule has 0 unspecified atom stereocenters. The highest BCUT2D eigenvalue weighted by Crippen LogP contribution is 2.09. The van der Waals surface area contributed by atoms with Gasteiger partial charge in [-0.3, -0.25) is 4.79 Å². The van der Waals surface area contributed by atoms with Crippen molar-refractivity contribution in [3.8, 4) is 0 Å². The number of nitrogens with zero attached hydrogens (tertiary/aromatic N) is 2. The van der Waals surface area contributed by atoms with Gasteiger partial charge in [-0.1, -0.05) is 0 Å². The molecule has 0 saturated carbocycles. The molecular formula is C12H24N2O2. The fraction of sp³-hybridized carbons (Fsp3) is 0.917. The predicted octanol–water partition coefficient (Wildman–Crippen LogP) is 0.702. The number of hydrogen-bond donors (Lipinski definition) is 1. The normalized spacial score (nSPS) is 21.3. The van der Waals surface area contributed by atoms with Crippen LogP contribution >= 0.6 is 0 Å². The van der Waals surface area contributed by atoms with Crippen LogP contribution in [-0.4, -0.2) is 59.6 Å². The van der Waals surface area contributed by atoms with Crippen molar-refractivity contribution in [3.63, 3.8) is 0 Å². The van der Waals surface area contributed by atoms with Crippen molar-refractivity contribution in [3.05, 3.63) is 0 Å². The van der Waals surface area contributed by atoms with Crippen LogP contribution in [-0.2, 0) is 4.79 Å². The molecule has 1 heterocycles. The lowest BCUT2D eigenvalue weighted by Gasteiger charge is -2.19. The van der Waals surface area contributed by atoms with Gasteiger partial charge in [-0.2, -0.15) is 0 Å². The topological polar surface area (TPSA) is 43.8 Å². The van der Waals surface area contributed by atoms with Gasteiger partial charge in [0.1, 0.15) is 0 Å². The Bertz CT molecular complexity index is 217. The largest absolute Gasteiger partial charge is 0.392 e. The summed E-state index contributed by atoms with van der Waals surface area (Å²) in [6.07, 6.45) is 2.26. The third kappa shape index (κ3) is 4.10. The Morgan fingerprint density at radius 2 is 2.12 bits per heavy atom. The lowest BCUT2D eigenvalue weighted by molar-refractivity contribution is -0.130. The number of rotatable bonds is 6. The number of amides is 1. The Labute approximate surface area is 98.2 Å². The van der Waals surface area contributed by atoms with Crippen LogP contribution in [0.1, 0.15) is 33.1 Å². The number of hydrogen-bond acceptors (Lipinski definition) is 3. The second kappa shape index (κ2) is 6.86. The zero-order chi connectivity index (χ0) is 12.0. The molecule has 1 rings (SSSR count). The molecule has 0 aliphatic carbocycles. The number of aliphatic hydroxyl groups excluding tert-OH is 1. The van der Waals surface area contributed by atoms with Crippen LogP contribution in [0, 0.1) is 0 Å². The standard InChI is InChI=1S/C12H24N2O2/c1-3-14(4-2)12(16)6-5-8-13-9-7-11(15)10-13/h11,15H,3-10H2,1-2H3/t11-/m1/s1. The van der Waals surface area contributed by atoms with Gasteiger partial charge in [0.15, 0.2) is 0 Å². The second-order valence-electron chi connectivity index (χ2n) is 4.41. The molecule has 0 spiro atoms. The SMILES string of the molecule is CCN(CC)C(=O)CCCN1CC[C@@H](O)C1.